The lowest BCUT2D eigenvalue weighted by Gasteiger charge is -2.28. The van der Waals surface area contributed by atoms with Crippen LogP contribution in [0.3, 0.4) is 0 Å². The number of fused-ring (bicyclic) bond motifs is 1. The smallest absolute Gasteiger partial charge is 0.283 e. The zero-order chi connectivity index (χ0) is 27.8. The largest absolute Gasteiger partial charge is 0.372 e. The van der Waals surface area contributed by atoms with Gasteiger partial charge in [-0.1, -0.05) is 35.9 Å². The summed E-state index contributed by atoms with van der Waals surface area (Å²) in [6, 6.07) is 20.3. The molecule has 198 valence electrons. The lowest BCUT2D eigenvalue weighted by atomic mass is 9.96. The van der Waals surface area contributed by atoms with Crippen LogP contribution in [-0.2, 0) is 9.59 Å². The van der Waals surface area contributed by atoms with Crippen LogP contribution in [0, 0.1) is 13.8 Å². The number of nitrogens with zero attached hydrogens (tertiary/aromatic N) is 5. The summed E-state index contributed by atoms with van der Waals surface area (Å²) in [5.74, 6) is -0.421. The van der Waals surface area contributed by atoms with Crippen LogP contribution in [0.15, 0.2) is 88.0 Å². The predicted molar refractivity (Wildman–Crippen MR) is 160 cm³/mol. The van der Waals surface area contributed by atoms with E-state index in [2.05, 4.69) is 36.0 Å². The average molecular weight is 540 g/mol. The Balaban J connectivity index is 1.70. The first kappa shape index (κ1) is 26.4. The second-order valence-electron chi connectivity index (χ2n) is 9.56. The lowest BCUT2D eigenvalue weighted by molar-refractivity contribution is -0.114. The Bertz CT molecular complexity index is 1550. The zero-order valence-electron chi connectivity index (χ0n) is 22.7. The number of hydrogen-bond donors (Lipinski definition) is 0. The van der Waals surface area contributed by atoms with Crippen molar-refractivity contribution in [3.8, 4) is 0 Å². The number of para-hydroxylation sites is 1. The molecule has 8 heteroatoms. The van der Waals surface area contributed by atoms with E-state index in [4.69, 9.17) is 16.6 Å². The monoisotopic (exact) mass is 539 g/mol. The topological polar surface area (TPSA) is 68.6 Å². The van der Waals surface area contributed by atoms with Crippen molar-refractivity contribution >= 4 is 57.7 Å². The van der Waals surface area contributed by atoms with E-state index in [9.17, 15) is 9.59 Å². The molecule has 3 aromatic carbocycles. The maximum absolute atomic E-state index is 14.1. The van der Waals surface area contributed by atoms with Gasteiger partial charge in [-0.3, -0.25) is 14.5 Å². The first-order chi connectivity index (χ1) is 18.7. The van der Waals surface area contributed by atoms with Crippen molar-refractivity contribution in [2.24, 2.45) is 10.1 Å². The van der Waals surface area contributed by atoms with Crippen molar-refractivity contribution in [3.05, 3.63) is 94.0 Å². The third-order valence-electron chi connectivity index (χ3n) is 7.07. The van der Waals surface area contributed by atoms with E-state index in [1.807, 2.05) is 32.0 Å². The van der Waals surface area contributed by atoms with Crippen LogP contribution < -0.4 is 14.8 Å². The van der Waals surface area contributed by atoms with Gasteiger partial charge in [0.05, 0.1) is 22.6 Å². The molecule has 0 fully saturated rings. The van der Waals surface area contributed by atoms with Gasteiger partial charge in [0, 0.05) is 23.8 Å². The Morgan fingerprint density at radius 1 is 0.846 bits per heavy atom. The van der Waals surface area contributed by atoms with E-state index < -0.39 is 0 Å². The van der Waals surface area contributed by atoms with Gasteiger partial charge in [-0.15, -0.1) is 5.10 Å². The van der Waals surface area contributed by atoms with E-state index in [1.54, 1.807) is 43.3 Å². The summed E-state index contributed by atoms with van der Waals surface area (Å²) in [5.41, 5.74) is 5.89. The Morgan fingerprint density at radius 3 is 2.10 bits per heavy atom. The molecule has 2 heterocycles. The van der Waals surface area contributed by atoms with Crippen LogP contribution in [0.2, 0.25) is 5.02 Å². The molecule has 7 nitrogen and oxygen atoms in total. The molecule has 0 saturated heterocycles. The van der Waals surface area contributed by atoms with Crippen molar-refractivity contribution in [1.82, 2.24) is 0 Å². The summed E-state index contributed by atoms with van der Waals surface area (Å²) in [4.78, 5) is 36.5. The predicted octanol–water partition coefficient (Wildman–Crippen LogP) is 6.60. The molecule has 0 radical (unpaired) electrons. The first-order valence-corrected chi connectivity index (χ1v) is 13.4. The summed E-state index contributed by atoms with van der Waals surface area (Å²) in [6.07, 6.45) is 0. The van der Waals surface area contributed by atoms with Gasteiger partial charge in [0.25, 0.3) is 11.8 Å². The van der Waals surface area contributed by atoms with Crippen LogP contribution in [0.25, 0.3) is 0 Å². The SMILES string of the molecule is CCN(CC)c1cc(C)c(N=C2C(=O)N(c3cccc(Cl)c3)C3=NN(c4ccccc4)C(=O)C3=C2C)c(C)c1. The molecule has 39 heavy (non-hydrogen) atoms. The van der Waals surface area contributed by atoms with Crippen molar-refractivity contribution in [2.75, 3.05) is 27.9 Å². The Hall–Kier alpha value is -4.23. The fourth-order valence-electron chi connectivity index (χ4n) is 5.08. The molecule has 2 aliphatic rings. The molecule has 0 saturated carbocycles. The number of rotatable bonds is 6. The van der Waals surface area contributed by atoms with E-state index in [1.165, 1.54) is 9.91 Å². The summed E-state index contributed by atoms with van der Waals surface area (Å²) in [5, 5.41) is 6.42. The molecular formula is C31H30ClN5O2. The zero-order valence-corrected chi connectivity index (χ0v) is 23.5. The molecule has 0 spiro atoms. The molecule has 2 amide bonds. The quantitative estimate of drug-likeness (QED) is 0.354. The van der Waals surface area contributed by atoms with Crippen LogP contribution in [0.4, 0.5) is 22.7 Å². The molecule has 0 N–H and O–H groups in total. The van der Waals surface area contributed by atoms with Crippen molar-refractivity contribution in [1.29, 1.82) is 0 Å². The highest BCUT2D eigenvalue weighted by Crippen LogP contribution is 2.36. The van der Waals surface area contributed by atoms with Gasteiger partial charge in [-0.25, -0.2) is 4.99 Å². The minimum atomic E-state index is -0.369. The Labute approximate surface area is 233 Å². The number of hydrazone groups is 1. The lowest BCUT2D eigenvalue weighted by Crippen LogP contribution is -2.47. The molecule has 0 bridgehead atoms. The van der Waals surface area contributed by atoms with E-state index in [0.29, 0.717) is 33.2 Å². The van der Waals surface area contributed by atoms with Crippen LogP contribution in [-0.4, -0.2) is 36.5 Å². The molecule has 3 aromatic rings. The molecule has 5 rings (SSSR count). The van der Waals surface area contributed by atoms with Gasteiger partial charge in [0.1, 0.15) is 5.71 Å². The van der Waals surface area contributed by atoms with E-state index in [-0.39, 0.29) is 23.4 Å². The van der Waals surface area contributed by atoms with Gasteiger partial charge in [-0.2, -0.15) is 5.01 Å². The van der Waals surface area contributed by atoms with Gasteiger partial charge < -0.3 is 4.90 Å². The second-order valence-corrected chi connectivity index (χ2v) is 9.99. The standard InChI is InChI=1S/C31H30ClN5O2/c1-6-35(7-2)25-16-19(3)27(20(4)17-25)33-28-21(5)26-29(34-37(30(26)38)23-13-9-8-10-14-23)36(31(28)39)24-15-11-12-22(32)18-24/h8-18H,6-7H2,1-5H3. The molecule has 0 atom stereocenters. The molecule has 0 aromatic heterocycles. The second kappa shape index (κ2) is 10.5. The fourth-order valence-corrected chi connectivity index (χ4v) is 5.26. The van der Waals surface area contributed by atoms with Gasteiger partial charge in [0.2, 0.25) is 0 Å². The molecule has 2 aliphatic heterocycles. The third kappa shape index (κ3) is 4.63. The average Bonchev–Trinajstić information content (AvgIpc) is 3.26. The number of benzene rings is 3. The number of amides is 2. The van der Waals surface area contributed by atoms with Crippen LogP contribution in [0.5, 0.6) is 0 Å². The van der Waals surface area contributed by atoms with E-state index in [0.717, 1.165) is 29.9 Å². The van der Waals surface area contributed by atoms with Crippen molar-refractivity contribution in [2.45, 2.75) is 34.6 Å². The molecule has 0 unspecified atom stereocenters. The highest BCUT2D eigenvalue weighted by atomic mass is 35.5. The normalized spacial score (nSPS) is 16.3. The number of carbonyl (C=O) groups excluding carboxylic acids is 2. The highest BCUT2D eigenvalue weighted by molar-refractivity contribution is 6.61. The number of aryl methyl sites for hydroxylation is 2. The number of halogens is 1. The highest BCUT2D eigenvalue weighted by Gasteiger charge is 2.45. The summed E-state index contributed by atoms with van der Waals surface area (Å²) < 4.78 is 0. The van der Waals surface area contributed by atoms with Gasteiger partial charge in [0.15, 0.2) is 5.84 Å². The Kier molecular flexibility index (Phi) is 7.10. The molecule has 0 aliphatic carbocycles. The van der Waals surface area contributed by atoms with Crippen LogP contribution in [0.1, 0.15) is 31.9 Å². The summed E-state index contributed by atoms with van der Waals surface area (Å²) in [7, 11) is 0. The number of anilines is 3. The fraction of sp³-hybridized carbons (Fsp3) is 0.226. The first-order valence-electron chi connectivity index (χ1n) is 13.0. The Morgan fingerprint density at radius 2 is 1.49 bits per heavy atom. The number of hydrogen-bond acceptors (Lipinski definition) is 5. The minimum Gasteiger partial charge on any atom is -0.372 e. The third-order valence-corrected chi connectivity index (χ3v) is 7.30. The van der Waals surface area contributed by atoms with Gasteiger partial charge >= 0.3 is 0 Å². The number of carbonyl (C=O) groups is 2. The molecular weight excluding hydrogens is 510 g/mol. The van der Waals surface area contributed by atoms with E-state index >= 15 is 0 Å². The number of amidine groups is 1. The van der Waals surface area contributed by atoms with Crippen molar-refractivity contribution in [3.63, 3.8) is 0 Å². The number of aliphatic imine (C=N–C) groups is 1. The maximum Gasteiger partial charge on any atom is 0.283 e. The van der Waals surface area contributed by atoms with Crippen molar-refractivity contribution < 1.29 is 9.59 Å². The summed E-state index contributed by atoms with van der Waals surface area (Å²) >= 11 is 6.31. The van der Waals surface area contributed by atoms with Crippen LogP contribution >= 0.6 is 11.6 Å². The van der Waals surface area contributed by atoms with Gasteiger partial charge in [-0.05, 0) is 93.8 Å². The minimum absolute atomic E-state index is 0.203. The summed E-state index contributed by atoms with van der Waals surface area (Å²) in [6.45, 7) is 11.8. The maximum atomic E-state index is 14.1.